The summed E-state index contributed by atoms with van der Waals surface area (Å²) in [5, 5.41) is 0. The molecule has 0 aliphatic heterocycles. The Morgan fingerprint density at radius 1 is 1.57 bits per heavy atom. The van der Waals surface area contributed by atoms with Crippen LogP contribution in [0.15, 0.2) is 0 Å². The van der Waals surface area contributed by atoms with Crippen LogP contribution in [0.2, 0.25) is 0 Å². The van der Waals surface area contributed by atoms with E-state index in [1.165, 1.54) is 0 Å². The lowest BCUT2D eigenvalue weighted by molar-refractivity contribution is -0.157. The molecule has 0 radical (unpaired) electrons. The molecule has 4 heteroatoms. The highest BCUT2D eigenvalue weighted by atomic mass is 16.5. The van der Waals surface area contributed by atoms with Crippen molar-refractivity contribution in [2.75, 3.05) is 13.7 Å². The van der Waals surface area contributed by atoms with Gasteiger partial charge in [0, 0.05) is 7.11 Å². The largest absolute Gasteiger partial charge is 0.465 e. The Labute approximate surface area is 84.7 Å². The van der Waals surface area contributed by atoms with E-state index >= 15 is 0 Å². The fourth-order valence-electron chi connectivity index (χ4n) is 1.99. The lowest BCUT2D eigenvalue weighted by Gasteiger charge is -2.37. The van der Waals surface area contributed by atoms with Gasteiger partial charge in [-0.2, -0.15) is 0 Å². The molecule has 14 heavy (non-hydrogen) atoms. The van der Waals surface area contributed by atoms with Crippen molar-refractivity contribution in [3.63, 3.8) is 0 Å². The number of nitrogens with two attached hydrogens (primary N) is 1. The van der Waals surface area contributed by atoms with Gasteiger partial charge in [-0.25, -0.2) is 4.79 Å². The highest BCUT2D eigenvalue weighted by Crippen LogP contribution is 2.29. The van der Waals surface area contributed by atoms with Crippen LogP contribution in [0.4, 0.5) is 0 Å². The summed E-state index contributed by atoms with van der Waals surface area (Å²) in [6.07, 6.45) is 3.33. The average Bonchev–Trinajstić information content (AvgIpc) is 2.19. The van der Waals surface area contributed by atoms with E-state index in [-0.39, 0.29) is 12.1 Å². The third-order valence-corrected chi connectivity index (χ3v) is 2.82. The highest BCUT2D eigenvalue weighted by molar-refractivity contribution is 5.81. The van der Waals surface area contributed by atoms with E-state index in [0.29, 0.717) is 13.0 Å². The molecule has 0 bridgehead atoms. The Morgan fingerprint density at radius 2 is 2.29 bits per heavy atom. The normalized spacial score (nSPS) is 32.6. The molecule has 0 heterocycles. The van der Waals surface area contributed by atoms with Crippen LogP contribution in [-0.2, 0) is 14.3 Å². The van der Waals surface area contributed by atoms with Crippen LogP contribution in [0.5, 0.6) is 0 Å². The summed E-state index contributed by atoms with van der Waals surface area (Å²) in [4.78, 5) is 11.7. The Hall–Kier alpha value is -0.610. The van der Waals surface area contributed by atoms with Gasteiger partial charge in [0.05, 0.1) is 12.7 Å². The second kappa shape index (κ2) is 4.75. The van der Waals surface area contributed by atoms with Crippen molar-refractivity contribution in [1.82, 2.24) is 0 Å². The first-order chi connectivity index (χ1) is 6.65. The van der Waals surface area contributed by atoms with Gasteiger partial charge in [-0.15, -0.1) is 0 Å². The summed E-state index contributed by atoms with van der Waals surface area (Å²) in [6.45, 7) is 2.15. The average molecular weight is 201 g/mol. The van der Waals surface area contributed by atoms with Gasteiger partial charge >= 0.3 is 5.97 Å². The lowest BCUT2D eigenvalue weighted by atomic mass is 9.80. The smallest absolute Gasteiger partial charge is 0.328 e. The Bertz CT molecular complexity index is 208. The number of ether oxygens (including phenoxy) is 2. The third kappa shape index (κ3) is 2.07. The van der Waals surface area contributed by atoms with Crippen molar-refractivity contribution in [2.45, 2.75) is 44.2 Å². The molecule has 4 nitrogen and oxygen atoms in total. The molecule has 0 saturated heterocycles. The number of hydrogen-bond acceptors (Lipinski definition) is 4. The molecule has 0 spiro atoms. The molecule has 1 fully saturated rings. The van der Waals surface area contributed by atoms with Crippen molar-refractivity contribution in [1.29, 1.82) is 0 Å². The van der Waals surface area contributed by atoms with E-state index < -0.39 is 5.54 Å². The second-order valence-electron chi connectivity index (χ2n) is 3.73. The van der Waals surface area contributed by atoms with Crippen LogP contribution in [-0.4, -0.2) is 31.3 Å². The fourth-order valence-corrected chi connectivity index (χ4v) is 1.99. The number of methoxy groups -OCH3 is 1. The molecule has 0 aromatic heterocycles. The van der Waals surface area contributed by atoms with Gasteiger partial charge in [0.2, 0.25) is 0 Å². The monoisotopic (exact) mass is 201 g/mol. The minimum Gasteiger partial charge on any atom is -0.465 e. The molecule has 1 aliphatic rings. The Kier molecular flexibility index (Phi) is 3.89. The van der Waals surface area contributed by atoms with Gasteiger partial charge in [-0.3, -0.25) is 0 Å². The first kappa shape index (κ1) is 11.5. The summed E-state index contributed by atoms with van der Waals surface area (Å²) >= 11 is 0. The number of esters is 1. The molecular weight excluding hydrogens is 182 g/mol. The molecule has 1 aliphatic carbocycles. The summed E-state index contributed by atoms with van der Waals surface area (Å²) < 4.78 is 10.2. The third-order valence-electron chi connectivity index (χ3n) is 2.82. The molecule has 2 N–H and O–H groups in total. The molecular formula is C10H19NO3. The van der Waals surface area contributed by atoms with Crippen LogP contribution < -0.4 is 5.73 Å². The first-order valence-electron chi connectivity index (χ1n) is 5.14. The SMILES string of the molecule is CCOC(=O)C1(N)CCCCC1OC. The van der Waals surface area contributed by atoms with E-state index in [2.05, 4.69) is 0 Å². The van der Waals surface area contributed by atoms with E-state index in [1.54, 1.807) is 14.0 Å². The zero-order chi connectivity index (χ0) is 10.6. The molecule has 2 unspecified atom stereocenters. The summed E-state index contributed by atoms with van der Waals surface area (Å²) in [5.74, 6) is -0.327. The van der Waals surface area contributed by atoms with Gasteiger partial charge in [0.1, 0.15) is 5.54 Å². The van der Waals surface area contributed by atoms with E-state index in [1.807, 2.05) is 0 Å². The molecule has 1 saturated carbocycles. The van der Waals surface area contributed by atoms with E-state index in [4.69, 9.17) is 15.2 Å². The highest BCUT2D eigenvalue weighted by Gasteiger charge is 2.45. The Morgan fingerprint density at radius 3 is 2.86 bits per heavy atom. The maximum Gasteiger partial charge on any atom is 0.328 e. The first-order valence-corrected chi connectivity index (χ1v) is 5.14. The van der Waals surface area contributed by atoms with E-state index in [0.717, 1.165) is 19.3 Å². The Balaban J connectivity index is 2.71. The van der Waals surface area contributed by atoms with Gasteiger partial charge in [0.15, 0.2) is 0 Å². The molecule has 0 amide bonds. The molecule has 0 aromatic rings. The molecule has 2 atom stereocenters. The molecule has 1 rings (SSSR count). The second-order valence-corrected chi connectivity index (χ2v) is 3.73. The summed E-state index contributed by atoms with van der Waals surface area (Å²) in [5.41, 5.74) is 5.12. The van der Waals surface area contributed by atoms with Crippen LogP contribution in [0.3, 0.4) is 0 Å². The number of hydrogen-bond donors (Lipinski definition) is 1. The van der Waals surface area contributed by atoms with Crippen molar-refractivity contribution in [2.24, 2.45) is 5.73 Å². The fraction of sp³-hybridized carbons (Fsp3) is 0.900. The maximum atomic E-state index is 11.7. The van der Waals surface area contributed by atoms with Gasteiger partial charge in [-0.05, 0) is 19.8 Å². The summed E-state index contributed by atoms with van der Waals surface area (Å²) in [6, 6.07) is 0. The minimum atomic E-state index is -0.928. The van der Waals surface area contributed by atoms with E-state index in [9.17, 15) is 4.79 Å². The number of carbonyl (C=O) groups excluding carboxylic acids is 1. The standard InChI is InChI=1S/C10H19NO3/c1-3-14-9(12)10(11)7-5-4-6-8(10)13-2/h8H,3-7,11H2,1-2H3. The minimum absolute atomic E-state index is 0.199. The van der Waals surface area contributed by atoms with Crippen LogP contribution >= 0.6 is 0 Å². The molecule has 82 valence electrons. The maximum absolute atomic E-state index is 11.7. The van der Waals surface area contributed by atoms with Gasteiger partial charge in [-0.1, -0.05) is 12.8 Å². The lowest BCUT2D eigenvalue weighted by Crippen LogP contribution is -2.60. The van der Waals surface area contributed by atoms with Crippen molar-refractivity contribution in [3.05, 3.63) is 0 Å². The quantitative estimate of drug-likeness (QED) is 0.687. The molecule has 0 aromatic carbocycles. The number of carbonyl (C=O) groups is 1. The predicted molar refractivity (Wildman–Crippen MR) is 52.8 cm³/mol. The zero-order valence-corrected chi connectivity index (χ0v) is 8.91. The van der Waals surface area contributed by atoms with Crippen LogP contribution in [0.25, 0.3) is 0 Å². The van der Waals surface area contributed by atoms with Crippen LogP contribution in [0.1, 0.15) is 32.6 Å². The topological polar surface area (TPSA) is 61.5 Å². The zero-order valence-electron chi connectivity index (χ0n) is 8.91. The van der Waals surface area contributed by atoms with Crippen LogP contribution in [0, 0.1) is 0 Å². The van der Waals surface area contributed by atoms with Crippen molar-refractivity contribution >= 4 is 5.97 Å². The predicted octanol–water partition coefficient (Wildman–Crippen LogP) is 0.836. The number of rotatable bonds is 3. The van der Waals surface area contributed by atoms with Crippen molar-refractivity contribution < 1.29 is 14.3 Å². The van der Waals surface area contributed by atoms with Gasteiger partial charge in [0.25, 0.3) is 0 Å². The van der Waals surface area contributed by atoms with Crippen molar-refractivity contribution in [3.8, 4) is 0 Å². The van der Waals surface area contributed by atoms with Gasteiger partial charge < -0.3 is 15.2 Å². The summed E-state index contributed by atoms with van der Waals surface area (Å²) in [7, 11) is 1.59.